The van der Waals surface area contributed by atoms with Crippen molar-refractivity contribution in [1.82, 2.24) is 0 Å². The molecule has 0 saturated carbocycles. The van der Waals surface area contributed by atoms with Gasteiger partial charge in [0.15, 0.2) is 0 Å². The van der Waals surface area contributed by atoms with Crippen molar-refractivity contribution in [2.75, 3.05) is 26.2 Å². The monoisotopic (exact) mass is 809 g/mol. The first-order valence-corrected chi connectivity index (χ1v) is 16.1. The Morgan fingerprint density at radius 2 is 0.432 bits per heavy atom. The van der Waals surface area contributed by atoms with Gasteiger partial charge in [-0.05, 0) is 51.4 Å². The van der Waals surface area contributed by atoms with E-state index >= 15 is 0 Å². The van der Waals surface area contributed by atoms with E-state index in [-0.39, 0.29) is 71.4 Å². The Morgan fingerprint density at radius 3 is 0.622 bits per heavy atom. The summed E-state index contributed by atoms with van der Waals surface area (Å²) >= 11 is 0. The molecule has 0 saturated heterocycles. The van der Waals surface area contributed by atoms with Crippen molar-refractivity contribution in [1.29, 1.82) is 0 Å². The summed E-state index contributed by atoms with van der Waals surface area (Å²) in [6.07, 6.45) is 34.8. The second kappa shape index (κ2) is 40.2. The third kappa shape index (κ3) is 34.2. The van der Waals surface area contributed by atoms with Gasteiger partial charge in [0, 0.05) is 0 Å². The predicted molar refractivity (Wildman–Crippen MR) is 153 cm³/mol. The summed E-state index contributed by atoms with van der Waals surface area (Å²) in [5.41, 5.74) is 0. The van der Waals surface area contributed by atoms with E-state index in [4.69, 9.17) is 0 Å². The second-order valence-corrected chi connectivity index (χ2v) is 11.3. The van der Waals surface area contributed by atoms with Crippen LogP contribution in [0.4, 0.5) is 0 Å². The smallest absolute Gasteiger partial charge is 1.00 e. The van der Waals surface area contributed by atoms with Crippen molar-refractivity contribution in [2.45, 2.75) is 182 Å². The van der Waals surface area contributed by atoms with Gasteiger partial charge in [-0.1, -0.05) is 130 Å². The molecule has 0 aliphatic carbocycles. The average molecular weight is 813 g/mol. The normalized spacial score (nSPS) is 10.7. The molecule has 0 aromatic rings. The molecule has 5 heteroatoms. The summed E-state index contributed by atoms with van der Waals surface area (Å²) in [7, 11) is 0. The first-order valence-electron chi connectivity index (χ1n) is 16.1. The van der Waals surface area contributed by atoms with Crippen LogP contribution in [0.3, 0.4) is 0 Å². The molecule has 0 spiro atoms. The minimum Gasteiger partial charge on any atom is -1.00 e. The van der Waals surface area contributed by atoms with E-state index in [1.165, 1.54) is 185 Å². The molecule has 0 fully saturated rings. The summed E-state index contributed by atoms with van der Waals surface area (Å²) < 4.78 is 1.48. The van der Waals surface area contributed by atoms with Crippen LogP contribution in [0.1, 0.15) is 182 Å². The number of hydrogen-bond acceptors (Lipinski definition) is 0. The molecule has 1 nitrogen and oxygen atoms in total. The fourth-order valence-electron chi connectivity index (χ4n) is 5.58. The van der Waals surface area contributed by atoms with Gasteiger partial charge in [-0.3, -0.25) is 0 Å². The fourth-order valence-corrected chi connectivity index (χ4v) is 5.58. The van der Waals surface area contributed by atoms with Crippen LogP contribution < -0.4 is 50.9 Å². The fraction of sp³-hybridized carbons (Fsp3) is 1.00. The zero-order valence-corrected chi connectivity index (χ0v) is 32.0. The van der Waals surface area contributed by atoms with Crippen molar-refractivity contribution in [3.05, 3.63) is 0 Å². The summed E-state index contributed by atoms with van der Waals surface area (Å²) in [5, 5.41) is 0. The Morgan fingerprint density at radius 1 is 0.270 bits per heavy atom. The maximum absolute atomic E-state index is 2.34. The first kappa shape index (κ1) is 48.8. The molecule has 0 bridgehead atoms. The number of hydrogen-bond donors (Lipinski definition) is 0. The molecular formula is C32H68Br3NPd. The van der Waals surface area contributed by atoms with E-state index in [2.05, 4.69) is 27.7 Å². The molecule has 0 heterocycles. The topological polar surface area (TPSA) is 0 Å². The molecular weight excluding hydrogens is 744 g/mol. The predicted octanol–water partition coefficient (Wildman–Crippen LogP) is 2.25. The molecule has 0 rings (SSSR count). The zero-order valence-electron chi connectivity index (χ0n) is 25.7. The number of rotatable bonds is 28. The molecule has 0 amide bonds. The van der Waals surface area contributed by atoms with Crippen LogP contribution in [0.2, 0.25) is 0 Å². The van der Waals surface area contributed by atoms with Gasteiger partial charge in [-0.15, -0.1) is 0 Å². The SMILES string of the molecule is CCCCCCCC[N+](CCCCCCCC)(CCCCCCCC)CCCCCCCC.[Br-].[Br-].[Br-].[Pd+2]. The molecule has 0 aliphatic heterocycles. The Bertz CT molecular complexity index is 302. The molecule has 232 valence electrons. The van der Waals surface area contributed by atoms with Crippen molar-refractivity contribution < 1.29 is 75.9 Å². The number of halogens is 3. The van der Waals surface area contributed by atoms with Gasteiger partial charge in [0.05, 0.1) is 26.2 Å². The third-order valence-electron chi connectivity index (χ3n) is 7.94. The van der Waals surface area contributed by atoms with E-state index in [0.29, 0.717) is 0 Å². The summed E-state index contributed by atoms with van der Waals surface area (Å²) in [4.78, 5) is 0. The second-order valence-electron chi connectivity index (χ2n) is 11.3. The summed E-state index contributed by atoms with van der Waals surface area (Å²) in [6, 6.07) is 0. The maximum Gasteiger partial charge on any atom is 2.00 e. The van der Waals surface area contributed by atoms with Gasteiger partial charge in [0.2, 0.25) is 0 Å². The molecule has 0 N–H and O–H groups in total. The Hall–Kier alpha value is 2.06. The quantitative estimate of drug-likeness (QED) is 0.0648. The van der Waals surface area contributed by atoms with Gasteiger partial charge in [-0.2, -0.15) is 0 Å². The minimum atomic E-state index is 0. The van der Waals surface area contributed by atoms with Gasteiger partial charge in [-0.25, -0.2) is 0 Å². The Kier molecular flexibility index (Phi) is 53.0. The third-order valence-corrected chi connectivity index (χ3v) is 7.94. The van der Waals surface area contributed by atoms with Crippen LogP contribution in [0.25, 0.3) is 0 Å². The molecule has 0 radical (unpaired) electrons. The number of unbranched alkanes of at least 4 members (excludes halogenated alkanes) is 20. The molecule has 0 aromatic heterocycles. The number of quaternary nitrogens is 1. The van der Waals surface area contributed by atoms with Crippen molar-refractivity contribution in [3.63, 3.8) is 0 Å². The van der Waals surface area contributed by atoms with Gasteiger partial charge in [0.1, 0.15) is 0 Å². The average Bonchev–Trinajstić information content (AvgIpc) is 2.83. The standard InChI is InChI=1S/C32H68N.3BrH.Pd/c1-5-9-13-17-21-25-29-33(30-26-22-18-14-10-6-2,31-27-23-19-15-11-7-3)32-28-24-20-16-12-8-4;;;;/h5-32H2,1-4H3;3*1H;/q+1;;;;+2/p-3. The minimum absolute atomic E-state index is 0. The van der Waals surface area contributed by atoms with Crippen molar-refractivity contribution >= 4 is 0 Å². The van der Waals surface area contributed by atoms with Crippen molar-refractivity contribution in [3.8, 4) is 0 Å². The van der Waals surface area contributed by atoms with E-state index in [0.717, 1.165) is 0 Å². The van der Waals surface area contributed by atoms with Crippen LogP contribution in [0, 0.1) is 0 Å². The van der Waals surface area contributed by atoms with Crippen LogP contribution in [-0.4, -0.2) is 30.7 Å². The molecule has 37 heavy (non-hydrogen) atoms. The zero-order chi connectivity index (χ0) is 24.3. The van der Waals surface area contributed by atoms with Gasteiger partial charge in [0.25, 0.3) is 0 Å². The largest absolute Gasteiger partial charge is 2.00 e. The number of nitrogens with zero attached hydrogens (tertiary/aromatic N) is 1. The molecule has 0 aliphatic rings. The van der Waals surface area contributed by atoms with Crippen molar-refractivity contribution in [2.24, 2.45) is 0 Å². The Balaban J connectivity index is -0.000000853. The van der Waals surface area contributed by atoms with E-state index < -0.39 is 0 Å². The van der Waals surface area contributed by atoms with Gasteiger partial charge >= 0.3 is 20.4 Å². The Labute approximate surface area is 281 Å². The van der Waals surface area contributed by atoms with Crippen LogP contribution >= 0.6 is 0 Å². The first-order chi connectivity index (χ1) is 16.2. The summed E-state index contributed by atoms with van der Waals surface area (Å²) in [6.45, 7) is 15.3. The molecule has 0 unspecified atom stereocenters. The van der Waals surface area contributed by atoms with Crippen LogP contribution in [0.5, 0.6) is 0 Å². The molecule has 0 aromatic carbocycles. The maximum atomic E-state index is 2.34. The molecule has 0 atom stereocenters. The van der Waals surface area contributed by atoms with Crippen LogP contribution in [0.15, 0.2) is 0 Å². The van der Waals surface area contributed by atoms with Gasteiger partial charge < -0.3 is 55.4 Å². The van der Waals surface area contributed by atoms with E-state index in [1.54, 1.807) is 0 Å². The van der Waals surface area contributed by atoms with E-state index in [1.807, 2.05) is 0 Å². The summed E-state index contributed by atoms with van der Waals surface area (Å²) in [5.74, 6) is 0. The van der Waals surface area contributed by atoms with Crippen LogP contribution in [-0.2, 0) is 20.4 Å². The van der Waals surface area contributed by atoms with E-state index in [9.17, 15) is 0 Å².